The van der Waals surface area contributed by atoms with Crippen LogP contribution < -0.4 is 0 Å². The van der Waals surface area contributed by atoms with Crippen molar-refractivity contribution >= 4 is 27.2 Å². The van der Waals surface area contributed by atoms with Gasteiger partial charge >= 0.3 is 0 Å². The summed E-state index contributed by atoms with van der Waals surface area (Å²) in [5, 5.41) is 8.42. The molecule has 3 aromatic carbocycles. The van der Waals surface area contributed by atoms with Gasteiger partial charge in [-0.25, -0.2) is 4.52 Å². The number of para-hydroxylation sites is 1. The maximum atomic E-state index is 4.76. The Labute approximate surface area is 140 Å². The number of benzene rings is 3. The SMILES string of the molecule is Cc1cccc2c(-c3ccccc3)c3c4ccccc4cnn3c12. The second-order valence-electron chi connectivity index (χ2n) is 6.20. The molecule has 0 amide bonds. The van der Waals surface area contributed by atoms with Gasteiger partial charge in [0.2, 0.25) is 0 Å². The zero-order valence-electron chi connectivity index (χ0n) is 13.4. The minimum absolute atomic E-state index is 1.17. The third-order valence-electron chi connectivity index (χ3n) is 4.76. The van der Waals surface area contributed by atoms with E-state index in [1.807, 2.05) is 6.20 Å². The lowest BCUT2D eigenvalue weighted by Gasteiger charge is -2.05. The van der Waals surface area contributed by atoms with E-state index >= 15 is 0 Å². The zero-order chi connectivity index (χ0) is 16.1. The van der Waals surface area contributed by atoms with Crippen molar-refractivity contribution < 1.29 is 0 Å². The van der Waals surface area contributed by atoms with E-state index in [-0.39, 0.29) is 0 Å². The normalized spacial score (nSPS) is 11.5. The maximum Gasteiger partial charge on any atom is 0.0817 e. The molecule has 5 rings (SSSR count). The van der Waals surface area contributed by atoms with Crippen LogP contribution >= 0.6 is 0 Å². The first-order valence-corrected chi connectivity index (χ1v) is 8.18. The lowest BCUT2D eigenvalue weighted by Crippen LogP contribution is -1.93. The Morgan fingerprint density at radius 2 is 1.46 bits per heavy atom. The zero-order valence-corrected chi connectivity index (χ0v) is 13.4. The summed E-state index contributed by atoms with van der Waals surface area (Å²) in [6, 6.07) is 25.6. The predicted molar refractivity (Wildman–Crippen MR) is 100 cm³/mol. The van der Waals surface area contributed by atoms with Gasteiger partial charge in [-0.15, -0.1) is 0 Å². The predicted octanol–water partition coefficient (Wildman–Crippen LogP) is 5.62. The Hall–Kier alpha value is -3.13. The molecule has 24 heavy (non-hydrogen) atoms. The topological polar surface area (TPSA) is 17.3 Å². The molecular formula is C22H16N2. The molecule has 0 aliphatic rings. The van der Waals surface area contributed by atoms with Crippen LogP contribution in [0.25, 0.3) is 38.3 Å². The number of hydrogen-bond acceptors (Lipinski definition) is 1. The fraction of sp³-hybridized carbons (Fsp3) is 0.0455. The van der Waals surface area contributed by atoms with Crippen LogP contribution in [0.4, 0.5) is 0 Å². The van der Waals surface area contributed by atoms with Gasteiger partial charge in [0.1, 0.15) is 0 Å². The van der Waals surface area contributed by atoms with Crippen LogP contribution in [0.5, 0.6) is 0 Å². The van der Waals surface area contributed by atoms with Crippen LogP contribution in [-0.4, -0.2) is 9.61 Å². The van der Waals surface area contributed by atoms with Crippen LogP contribution in [0.3, 0.4) is 0 Å². The molecule has 0 radical (unpaired) electrons. The van der Waals surface area contributed by atoms with Gasteiger partial charge in [-0.2, -0.15) is 5.10 Å². The number of aryl methyl sites for hydroxylation is 1. The van der Waals surface area contributed by atoms with Gasteiger partial charge < -0.3 is 0 Å². The minimum Gasteiger partial charge on any atom is -0.232 e. The van der Waals surface area contributed by atoms with Crippen molar-refractivity contribution in [2.75, 3.05) is 0 Å². The second kappa shape index (κ2) is 4.93. The van der Waals surface area contributed by atoms with E-state index in [9.17, 15) is 0 Å². The molecule has 0 atom stereocenters. The Kier molecular flexibility index (Phi) is 2.74. The average molecular weight is 308 g/mol. The molecule has 0 aliphatic heterocycles. The smallest absolute Gasteiger partial charge is 0.0817 e. The van der Waals surface area contributed by atoms with E-state index in [2.05, 4.69) is 84.2 Å². The average Bonchev–Trinajstić information content (AvgIpc) is 2.98. The van der Waals surface area contributed by atoms with Crippen molar-refractivity contribution in [3.8, 4) is 11.1 Å². The van der Waals surface area contributed by atoms with Gasteiger partial charge in [-0.3, -0.25) is 0 Å². The van der Waals surface area contributed by atoms with E-state index in [0.717, 1.165) is 0 Å². The fourth-order valence-corrected chi connectivity index (χ4v) is 3.69. The van der Waals surface area contributed by atoms with E-state index in [1.54, 1.807) is 0 Å². The molecule has 5 aromatic rings. The number of nitrogens with zero attached hydrogens (tertiary/aromatic N) is 2. The number of hydrogen-bond donors (Lipinski definition) is 0. The van der Waals surface area contributed by atoms with Gasteiger partial charge in [0.05, 0.1) is 17.2 Å². The summed E-state index contributed by atoms with van der Waals surface area (Å²) in [4.78, 5) is 0. The standard InChI is InChI=1S/C22H16N2/c1-15-8-7-13-19-20(16-9-3-2-4-10-16)22-18-12-6-5-11-17(18)14-23-24(22)21(15)19/h2-14H,1H3. The fourth-order valence-electron chi connectivity index (χ4n) is 3.69. The summed E-state index contributed by atoms with van der Waals surface area (Å²) in [5.74, 6) is 0. The quantitative estimate of drug-likeness (QED) is 0.393. The summed E-state index contributed by atoms with van der Waals surface area (Å²) in [6.07, 6.45) is 1.96. The lowest BCUT2D eigenvalue weighted by atomic mass is 10.00. The first kappa shape index (κ1) is 13.3. The highest BCUT2D eigenvalue weighted by Gasteiger charge is 2.17. The molecule has 2 aromatic heterocycles. The first-order chi connectivity index (χ1) is 11.8. The molecule has 0 aliphatic carbocycles. The number of fused-ring (bicyclic) bond motifs is 5. The van der Waals surface area contributed by atoms with Crippen molar-refractivity contribution in [3.05, 3.63) is 84.6 Å². The molecule has 0 saturated heterocycles. The van der Waals surface area contributed by atoms with E-state index in [4.69, 9.17) is 5.10 Å². The van der Waals surface area contributed by atoms with Crippen LogP contribution in [0.15, 0.2) is 79.0 Å². The van der Waals surface area contributed by atoms with Crippen LogP contribution in [0.1, 0.15) is 5.56 Å². The lowest BCUT2D eigenvalue weighted by molar-refractivity contribution is 0.983. The summed E-state index contributed by atoms with van der Waals surface area (Å²) >= 11 is 0. The van der Waals surface area contributed by atoms with Crippen molar-refractivity contribution in [1.82, 2.24) is 9.61 Å². The highest BCUT2D eigenvalue weighted by molar-refractivity contribution is 6.14. The third-order valence-corrected chi connectivity index (χ3v) is 4.76. The van der Waals surface area contributed by atoms with Crippen molar-refractivity contribution in [1.29, 1.82) is 0 Å². The van der Waals surface area contributed by atoms with Crippen molar-refractivity contribution in [3.63, 3.8) is 0 Å². The number of rotatable bonds is 1. The second-order valence-corrected chi connectivity index (χ2v) is 6.20. The Morgan fingerprint density at radius 1 is 0.708 bits per heavy atom. The summed E-state index contributed by atoms with van der Waals surface area (Å²) in [6.45, 7) is 2.15. The largest absolute Gasteiger partial charge is 0.232 e. The van der Waals surface area contributed by atoms with Crippen molar-refractivity contribution in [2.45, 2.75) is 6.92 Å². The summed E-state index contributed by atoms with van der Waals surface area (Å²) < 4.78 is 2.11. The highest BCUT2D eigenvalue weighted by Crippen LogP contribution is 2.38. The Bertz CT molecular complexity index is 1200. The first-order valence-electron chi connectivity index (χ1n) is 8.18. The van der Waals surface area contributed by atoms with E-state index in [0.29, 0.717) is 0 Å². The molecule has 0 fully saturated rings. The molecule has 0 bridgehead atoms. The molecule has 0 unspecified atom stereocenters. The van der Waals surface area contributed by atoms with Crippen LogP contribution in [0, 0.1) is 6.92 Å². The van der Waals surface area contributed by atoms with E-state index in [1.165, 1.54) is 43.9 Å². The van der Waals surface area contributed by atoms with Crippen molar-refractivity contribution in [2.24, 2.45) is 0 Å². The third kappa shape index (κ3) is 1.74. The Balaban J connectivity index is 2.12. The minimum atomic E-state index is 1.17. The molecule has 114 valence electrons. The molecule has 0 N–H and O–H groups in total. The van der Waals surface area contributed by atoms with Gasteiger partial charge in [0.15, 0.2) is 0 Å². The van der Waals surface area contributed by atoms with Gasteiger partial charge in [-0.05, 0) is 18.1 Å². The van der Waals surface area contributed by atoms with Crippen LogP contribution in [-0.2, 0) is 0 Å². The highest BCUT2D eigenvalue weighted by atomic mass is 15.2. The van der Waals surface area contributed by atoms with Gasteiger partial charge in [0.25, 0.3) is 0 Å². The molecule has 2 nitrogen and oxygen atoms in total. The van der Waals surface area contributed by atoms with E-state index < -0.39 is 0 Å². The molecule has 2 heterocycles. The molecule has 2 heteroatoms. The molecule has 0 saturated carbocycles. The van der Waals surface area contributed by atoms with Crippen LogP contribution in [0.2, 0.25) is 0 Å². The summed E-state index contributed by atoms with van der Waals surface area (Å²) in [5.41, 5.74) is 6.11. The Morgan fingerprint density at radius 3 is 2.33 bits per heavy atom. The summed E-state index contributed by atoms with van der Waals surface area (Å²) in [7, 11) is 0. The monoisotopic (exact) mass is 308 g/mol. The maximum absolute atomic E-state index is 4.76. The molecular weight excluding hydrogens is 292 g/mol. The van der Waals surface area contributed by atoms with Gasteiger partial charge in [0, 0.05) is 21.7 Å². The number of aromatic nitrogens is 2. The van der Waals surface area contributed by atoms with Gasteiger partial charge in [-0.1, -0.05) is 72.8 Å². The molecule has 0 spiro atoms.